The van der Waals surface area contributed by atoms with Crippen LogP contribution < -0.4 is 0 Å². The fraction of sp³-hybridized carbons (Fsp3) is 0. The van der Waals surface area contributed by atoms with Crippen LogP contribution in [-0.4, -0.2) is 19.5 Å². The number of para-hydroxylation sites is 2. The summed E-state index contributed by atoms with van der Waals surface area (Å²) in [5.74, 6) is 0. The van der Waals surface area contributed by atoms with E-state index in [-0.39, 0.29) is 0 Å². The molecule has 0 amide bonds. The van der Waals surface area contributed by atoms with Crippen LogP contribution in [0.15, 0.2) is 108 Å². The second-order valence-corrected chi connectivity index (χ2v) is 8.37. The molecule has 5 heteroatoms. The van der Waals surface area contributed by atoms with Crippen molar-refractivity contribution in [2.75, 3.05) is 0 Å². The topological polar surface area (TPSA) is 43.6 Å². The van der Waals surface area contributed by atoms with E-state index in [1.165, 1.54) is 10.8 Å². The zero-order chi connectivity index (χ0) is 21.5. The van der Waals surface area contributed by atoms with E-state index in [1.54, 1.807) is 12.4 Å². The van der Waals surface area contributed by atoms with Crippen LogP contribution in [0.4, 0.5) is 0 Å². The highest BCUT2D eigenvalue weighted by Gasteiger charge is 2.17. The number of halogens is 1. The predicted octanol–water partition coefficient (Wildman–Crippen LogP) is 7.07. The smallest absolute Gasteiger partial charge is 0.0915 e. The minimum absolute atomic E-state index is 0.807. The van der Waals surface area contributed by atoms with Crippen LogP contribution in [-0.2, 0) is 0 Å². The van der Waals surface area contributed by atoms with Crippen molar-refractivity contribution in [3.63, 3.8) is 0 Å². The largest absolute Gasteiger partial charge is 0.308 e. The first-order valence-corrected chi connectivity index (χ1v) is 11.1. The van der Waals surface area contributed by atoms with Crippen LogP contribution in [0, 0.1) is 0 Å². The van der Waals surface area contributed by atoms with Crippen LogP contribution in [0.2, 0.25) is 0 Å². The third-order valence-corrected chi connectivity index (χ3v) is 6.21. The number of aromatic nitrogens is 4. The molecule has 4 heterocycles. The normalized spacial score (nSPS) is 11.3. The van der Waals surface area contributed by atoms with Gasteiger partial charge in [0.25, 0.3) is 0 Å². The van der Waals surface area contributed by atoms with Crippen LogP contribution in [0.3, 0.4) is 0 Å². The summed E-state index contributed by atoms with van der Waals surface area (Å²) in [6, 6.07) is 30.8. The molecular weight excluding hydrogens is 460 g/mol. The summed E-state index contributed by atoms with van der Waals surface area (Å²) in [5, 5.41) is 2.41. The van der Waals surface area contributed by atoms with Crippen LogP contribution in [0.25, 0.3) is 50.3 Å². The second kappa shape index (κ2) is 7.70. The van der Waals surface area contributed by atoms with E-state index in [0.29, 0.717) is 0 Å². The van der Waals surface area contributed by atoms with Gasteiger partial charge in [0.15, 0.2) is 0 Å². The number of benzene rings is 2. The average molecular weight is 477 g/mol. The van der Waals surface area contributed by atoms with E-state index in [4.69, 9.17) is 4.98 Å². The molecule has 0 unspecified atom stereocenters. The highest BCUT2D eigenvalue weighted by atomic mass is 79.9. The number of hydrogen-bond acceptors (Lipinski definition) is 3. The standard InChI is InChI=1S/C27H17BrN4/c28-21-10-7-9-20-19-8-1-2-13-26(19)32(27(20)21)18-16-24(22-11-3-5-14-29-22)31-25(17-18)23-12-4-6-15-30-23/h1-17H. The van der Waals surface area contributed by atoms with Gasteiger partial charge in [-0.3, -0.25) is 9.97 Å². The Hall–Kier alpha value is -3.83. The number of hydrogen-bond donors (Lipinski definition) is 0. The molecule has 0 fully saturated rings. The van der Waals surface area contributed by atoms with Gasteiger partial charge in [-0.15, -0.1) is 0 Å². The minimum Gasteiger partial charge on any atom is -0.308 e. The Labute approximate surface area is 193 Å². The Morgan fingerprint density at radius 1 is 0.594 bits per heavy atom. The zero-order valence-electron chi connectivity index (χ0n) is 17.0. The third kappa shape index (κ3) is 3.10. The van der Waals surface area contributed by atoms with Crippen molar-refractivity contribution < 1.29 is 0 Å². The Bertz CT molecular complexity index is 1520. The van der Waals surface area contributed by atoms with Gasteiger partial charge in [0.05, 0.1) is 39.5 Å². The Balaban J connectivity index is 1.72. The van der Waals surface area contributed by atoms with Gasteiger partial charge in [-0.05, 0) is 64.5 Å². The molecule has 0 bridgehead atoms. The molecule has 0 aliphatic heterocycles. The summed E-state index contributed by atoms with van der Waals surface area (Å²) in [5.41, 5.74) is 6.54. The van der Waals surface area contributed by atoms with Crippen molar-refractivity contribution in [2.24, 2.45) is 0 Å². The lowest BCUT2D eigenvalue weighted by Crippen LogP contribution is -1.99. The van der Waals surface area contributed by atoms with Gasteiger partial charge in [-0.25, -0.2) is 4.98 Å². The Morgan fingerprint density at radius 3 is 1.88 bits per heavy atom. The molecule has 0 saturated heterocycles. The summed E-state index contributed by atoms with van der Waals surface area (Å²) in [4.78, 5) is 14.0. The van der Waals surface area contributed by atoms with Crippen LogP contribution >= 0.6 is 15.9 Å². The number of fused-ring (bicyclic) bond motifs is 3. The van der Waals surface area contributed by atoms with E-state index in [1.807, 2.05) is 36.4 Å². The summed E-state index contributed by atoms with van der Waals surface area (Å²) in [6.07, 6.45) is 3.59. The first-order chi connectivity index (χ1) is 15.8. The maximum atomic E-state index is 4.92. The number of pyridine rings is 3. The summed E-state index contributed by atoms with van der Waals surface area (Å²) >= 11 is 3.79. The van der Waals surface area contributed by atoms with Crippen LogP contribution in [0.1, 0.15) is 0 Å². The van der Waals surface area contributed by atoms with E-state index in [9.17, 15) is 0 Å². The molecule has 4 nitrogen and oxygen atoms in total. The van der Waals surface area contributed by atoms with Gasteiger partial charge in [-0.2, -0.15) is 0 Å². The molecule has 0 aliphatic carbocycles. The van der Waals surface area contributed by atoms with Gasteiger partial charge in [0.2, 0.25) is 0 Å². The van der Waals surface area contributed by atoms with Crippen molar-refractivity contribution in [3.8, 4) is 28.5 Å². The first-order valence-electron chi connectivity index (χ1n) is 10.3. The van der Waals surface area contributed by atoms with Crippen molar-refractivity contribution >= 4 is 37.7 Å². The van der Waals surface area contributed by atoms with Crippen molar-refractivity contribution in [2.45, 2.75) is 0 Å². The maximum absolute atomic E-state index is 4.92. The Kier molecular flexibility index (Phi) is 4.55. The SMILES string of the molecule is Brc1cccc2c3ccccc3n(-c3cc(-c4ccccn4)nc(-c4ccccn4)c3)c12. The monoisotopic (exact) mass is 476 g/mol. The molecule has 152 valence electrons. The lowest BCUT2D eigenvalue weighted by atomic mass is 10.1. The van der Waals surface area contributed by atoms with Gasteiger partial charge in [-0.1, -0.05) is 42.5 Å². The van der Waals surface area contributed by atoms with E-state index >= 15 is 0 Å². The van der Waals surface area contributed by atoms with Gasteiger partial charge >= 0.3 is 0 Å². The predicted molar refractivity (Wildman–Crippen MR) is 133 cm³/mol. The lowest BCUT2D eigenvalue weighted by molar-refractivity contribution is 1.14. The number of rotatable bonds is 3. The van der Waals surface area contributed by atoms with E-state index in [2.05, 4.69) is 85.1 Å². The highest BCUT2D eigenvalue weighted by Crippen LogP contribution is 2.37. The average Bonchev–Trinajstić information content (AvgIpc) is 3.21. The second-order valence-electron chi connectivity index (χ2n) is 7.51. The fourth-order valence-corrected chi connectivity index (χ4v) is 4.72. The molecule has 0 N–H and O–H groups in total. The molecule has 6 aromatic rings. The fourth-order valence-electron chi connectivity index (χ4n) is 4.18. The first kappa shape index (κ1) is 18.9. The summed E-state index contributed by atoms with van der Waals surface area (Å²) in [7, 11) is 0. The molecule has 6 rings (SSSR count). The van der Waals surface area contributed by atoms with Crippen molar-refractivity contribution in [3.05, 3.63) is 108 Å². The molecule has 0 radical (unpaired) electrons. The molecular formula is C27H17BrN4. The molecule has 0 saturated carbocycles. The highest BCUT2D eigenvalue weighted by molar-refractivity contribution is 9.10. The lowest BCUT2D eigenvalue weighted by Gasteiger charge is -2.13. The Morgan fingerprint density at radius 2 is 1.22 bits per heavy atom. The van der Waals surface area contributed by atoms with Crippen LogP contribution in [0.5, 0.6) is 0 Å². The molecule has 0 aliphatic rings. The number of nitrogens with zero attached hydrogens (tertiary/aromatic N) is 4. The van der Waals surface area contributed by atoms with E-state index in [0.717, 1.165) is 44.0 Å². The van der Waals surface area contributed by atoms with Gasteiger partial charge in [0.1, 0.15) is 0 Å². The van der Waals surface area contributed by atoms with Crippen molar-refractivity contribution in [1.29, 1.82) is 0 Å². The molecule has 0 atom stereocenters. The summed E-state index contributed by atoms with van der Waals surface area (Å²) in [6.45, 7) is 0. The minimum atomic E-state index is 0.807. The van der Waals surface area contributed by atoms with Gasteiger partial charge < -0.3 is 4.57 Å². The van der Waals surface area contributed by atoms with Crippen molar-refractivity contribution in [1.82, 2.24) is 19.5 Å². The third-order valence-electron chi connectivity index (χ3n) is 5.57. The quantitative estimate of drug-likeness (QED) is 0.274. The zero-order valence-corrected chi connectivity index (χ0v) is 18.6. The molecule has 4 aromatic heterocycles. The molecule has 0 spiro atoms. The maximum Gasteiger partial charge on any atom is 0.0915 e. The molecule has 32 heavy (non-hydrogen) atoms. The van der Waals surface area contributed by atoms with E-state index < -0.39 is 0 Å². The van der Waals surface area contributed by atoms with Gasteiger partial charge in [0, 0.05) is 27.6 Å². The summed E-state index contributed by atoms with van der Waals surface area (Å²) < 4.78 is 3.33. The molecule has 2 aromatic carbocycles.